The van der Waals surface area contributed by atoms with Gasteiger partial charge in [0, 0.05) is 36.1 Å². The third kappa shape index (κ3) is 3.82. The van der Waals surface area contributed by atoms with Crippen molar-refractivity contribution in [1.82, 2.24) is 14.5 Å². The molecule has 0 saturated heterocycles. The van der Waals surface area contributed by atoms with Crippen LogP contribution in [0.4, 0.5) is 8.78 Å². The molecule has 2 aromatic rings. The third-order valence-corrected chi connectivity index (χ3v) is 3.81. The topological polar surface area (TPSA) is 49.2 Å². The molecule has 0 aromatic carbocycles. The van der Waals surface area contributed by atoms with E-state index in [1.54, 1.807) is 22.9 Å². The monoisotopic (exact) mass is 359 g/mol. The first kappa shape index (κ1) is 17.8. The molecule has 2 aromatic heterocycles. The van der Waals surface area contributed by atoms with Crippen molar-refractivity contribution in [3.8, 4) is 17.3 Å². The highest BCUT2D eigenvalue weighted by Crippen LogP contribution is 2.29. The van der Waals surface area contributed by atoms with E-state index in [9.17, 15) is 8.78 Å². The van der Waals surface area contributed by atoms with Gasteiger partial charge < -0.3 is 9.47 Å². The minimum atomic E-state index is -2.66. The number of rotatable bonds is 6. The largest absolute Gasteiger partial charge is 0.498 e. The van der Waals surface area contributed by atoms with Gasteiger partial charge >= 0.3 is 0 Å². The van der Waals surface area contributed by atoms with E-state index in [-0.39, 0.29) is 5.69 Å². The Bertz CT molecular complexity index is 852. The second kappa shape index (κ2) is 7.95. The lowest BCUT2D eigenvalue weighted by Crippen LogP contribution is -1.97. The van der Waals surface area contributed by atoms with E-state index >= 15 is 0 Å². The molecule has 3 rings (SSSR count). The minimum Gasteiger partial charge on any atom is -0.498 e. The predicted octanol–water partition coefficient (Wildman–Crippen LogP) is 4.61. The third-order valence-electron chi connectivity index (χ3n) is 3.81. The van der Waals surface area contributed by atoms with Crippen LogP contribution in [0.15, 0.2) is 54.6 Å². The zero-order valence-corrected chi connectivity index (χ0v) is 14.5. The van der Waals surface area contributed by atoms with Crippen molar-refractivity contribution >= 4 is 5.70 Å². The number of hydrogen-bond acceptors (Lipinski definition) is 4. The Morgan fingerprint density at radius 1 is 1.27 bits per heavy atom. The van der Waals surface area contributed by atoms with Gasteiger partial charge in [0.25, 0.3) is 6.43 Å². The van der Waals surface area contributed by atoms with Crippen molar-refractivity contribution in [1.29, 1.82) is 0 Å². The fourth-order valence-corrected chi connectivity index (χ4v) is 2.59. The highest BCUT2D eigenvalue weighted by molar-refractivity contribution is 5.68. The van der Waals surface area contributed by atoms with Gasteiger partial charge in [-0.3, -0.25) is 4.57 Å². The quantitative estimate of drug-likeness (QED) is 0.756. The lowest BCUT2D eigenvalue weighted by Gasteiger charge is -2.08. The fourth-order valence-electron chi connectivity index (χ4n) is 2.59. The van der Waals surface area contributed by atoms with Gasteiger partial charge in [0.05, 0.1) is 19.5 Å². The van der Waals surface area contributed by atoms with Gasteiger partial charge in [-0.15, -0.1) is 0 Å². The summed E-state index contributed by atoms with van der Waals surface area (Å²) >= 11 is 0. The van der Waals surface area contributed by atoms with Gasteiger partial charge in [0.1, 0.15) is 11.5 Å². The fraction of sp³-hybridized carbons (Fsp3) is 0.263. The van der Waals surface area contributed by atoms with Crippen LogP contribution in [0.1, 0.15) is 25.5 Å². The Hall–Kier alpha value is -2.96. The molecule has 0 atom stereocenters. The van der Waals surface area contributed by atoms with Crippen molar-refractivity contribution in [2.24, 2.45) is 0 Å². The van der Waals surface area contributed by atoms with Crippen LogP contribution in [0, 0.1) is 0 Å². The number of halogens is 2. The molecule has 0 bridgehead atoms. The Morgan fingerprint density at radius 3 is 2.77 bits per heavy atom. The van der Waals surface area contributed by atoms with Crippen LogP contribution in [-0.4, -0.2) is 28.3 Å². The second-order valence-corrected chi connectivity index (χ2v) is 5.51. The van der Waals surface area contributed by atoms with E-state index in [0.717, 1.165) is 5.76 Å². The van der Waals surface area contributed by atoms with Crippen molar-refractivity contribution in [3.63, 3.8) is 0 Å². The van der Waals surface area contributed by atoms with Crippen molar-refractivity contribution in [2.45, 2.75) is 19.8 Å². The molecule has 0 spiro atoms. The number of aromatic nitrogens is 3. The predicted molar refractivity (Wildman–Crippen MR) is 94.7 cm³/mol. The lowest BCUT2D eigenvalue weighted by molar-refractivity contribution is 0.146. The summed E-state index contributed by atoms with van der Waals surface area (Å²) in [5.41, 5.74) is 1.04. The Labute approximate surface area is 150 Å². The molecule has 0 fully saturated rings. The molecule has 0 amide bonds. The number of methoxy groups -OCH3 is 1. The zero-order chi connectivity index (χ0) is 18.5. The summed E-state index contributed by atoms with van der Waals surface area (Å²) in [6.07, 6.45) is 8.34. The van der Waals surface area contributed by atoms with Crippen LogP contribution < -0.4 is 4.74 Å². The number of hydrogen-bond donors (Lipinski definition) is 0. The molecule has 0 unspecified atom stereocenters. The van der Waals surface area contributed by atoms with Crippen LogP contribution in [0.5, 0.6) is 5.88 Å². The summed E-state index contributed by atoms with van der Waals surface area (Å²) in [5.74, 6) is 1.65. The molecular weight excluding hydrogens is 340 g/mol. The number of alkyl halides is 2. The average Bonchev–Trinajstić information content (AvgIpc) is 2.97. The normalized spacial score (nSPS) is 14.0. The van der Waals surface area contributed by atoms with Crippen molar-refractivity contribution < 1.29 is 18.3 Å². The minimum absolute atomic E-state index is 0.289. The summed E-state index contributed by atoms with van der Waals surface area (Å²) in [4.78, 5) is 8.24. The second-order valence-electron chi connectivity index (χ2n) is 5.51. The average molecular weight is 359 g/mol. The number of nitrogens with zero attached hydrogens (tertiary/aromatic N) is 3. The maximum Gasteiger partial charge on any atom is 0.281 e. The molecular formula is C19H19F2N3O2. The molecule has 2 heterocycles. The van der Waals surface area contributed by atoms with Crippen LogP contribution in [0.3, 0.4) is 0 Å². The van der Waals surface area contributed by atoms with E-state index in [1.165, 1.54) is 13.3 Å². The van der Waals surface area contributed by atoms with Crippen molar-refractivity contribution in [3.05, 3.63) is 60.3 Å². The Balaban J connectivity index is 2.05. The first-order valence-corrected chi connectivity index (χ1v) is 8.20. The number of allylic oxidation sites excluding steroid dienone is 5. The first-order chi connectivity index (χ1) is 12.6. The van der Waals surface area contributed by atoms with E-state index < -0.39 is 6.43 Å². The summed E-state index contributed by atoms with van der Waals surface area (Å²) in [7, 11) is 1.52. The lowest BCUT2D eigenvalue weighted by atomic mass is 10.2. The Kier molecular flexibility index (Phi) is 5.46. The zero-order valence-electron chi connectivity index (χ0n) is 14.5. The summed E-state index contributed by atoms with van der Waals surface area (Å²) < 4.78 is 38.7. The molecule has 26 heavy (non-hydrogen) atoms. The van der Waals surface area contributed by atoms with E-state index in [4.69, 9.17) is 9.47 Å². The highest BCUT2D eigenvalue weighted by atomic mass is 19.3. The molecule has 136 valence electrons. The van der Waals surface area contributed by atoms with Gasteiger partial charge in [-0.2, -0.15) is 0 Å². The molecule has 7 heteroatoms. The molecule has 0 N–H and O–H groups in total. The summed E-state index contributed by atoms with van der Waals surface area (Å²) in [5, 5.41) is 0. The summed E-state index contributed by atoms with van der Waals surface area (Å²) in [6, 6.07) is 3.41. The van der Waals surface area contributed by atoms with Crippen molar-refractivity contribution in [2.75, 3.05) is 13.7 Å². The van der Waals surface area contributed by atoms with Crippen LogP contribution in [-0.2, 0) is 4.74 Å². The maximum absolute atomic E-state index is 13.2. The number of imidazole rings is 1. The van der Waals surface area contributed by atoms with Gasteiger partial charge in [0.15, 0.2) is 0 Å². The smallest absolute Gasteiger partial charge is 0.281 e. The SMILES string of the molecule is CCOC1=CC=C(n2cc(C(F)F)nc2-c2ccc(OC)nc2)C=CC1. The molecule has 1 aliphatic rings. The van der Waals surface area contributed by atoms with E-state index in [1.807, 2.05) is 31.2 Å². The standard InChI is InChI=1S/C19H19F2N3O2/c1-3-26-15-6-4-5-14(8-9-15)24-12-16(18(20)21)23-19(24)13-7-10-17(25-2)22-11-13/h4-5,7-12,18H,3,6H2,1-2H3. The Morgan fingerprint density at radius 2 is 2.12 bits per heavy atom. The van der Waals surface area contributed by atoms with E-state index in [2.05, 4.69) is 9.97 Å². The van der Waals surface area contributed by atoms with Crippen LogP contribution in [0.25, 0.3) is 17.1 Å². The summed E-state index contributed by atoms with van der Waals surface area (Å²) in [6.45, 7) is 2.49. The highest BCUT2D eigenvalue weighted by Gasteiger charge is 2.18. The van der Waals surface area contributed by atoms with Crippen LogP contribution in [0.2, 0.25) is 0 Å². The van der Waals surface area contributed by atoms with Gasteiger partial charge in [-0.05, 0) is 31.2 Å². The van der Waals surface area contributed by atoms with Gasteiger partial charge in [0.2, 0.25) is 5.88 Å². The molecule has 5 nitrogen and oxygen atoms in total. The molecule has 1 aliphatic carbocycles. The number of pyridine rings is 1. The molecule has 0 aliphatic heterocycles. The van der Waals surface area contributed by atoms with Gasteiger partial charge in [-0.1, -0.05) is 6.08 Å². The number of ether oxygens (including phenoxy) is 2. The maximum atomic E-state index is 13.2. The first-order valence-electron chi connectivity index (χ1n) is 8.20. The van der Waals surface area contributed by atoms with Gasteiger partial charge in [-0.25, -0.2) is 18.7 Å². The van der Waals surface area contributed by atoms with Crippen LogP contribution >= 0.6 is 0 Å². The van der Waals surface area contributed by atoms with E-state index in [0.29, 0.717) is 36.0 Å². The molecule has 0 saturated carbocycles. The molecule has 0 radical (unpaired) electrons.